The van der Waals surface area contributed by atoms with Crippen LogP contribution >= 0.6 is 0 Å². The van der Waals surface area contributed by atoms with Gasteiger partial charge >= 0.3 is 5.97 Å². The number of nitrogens with zero attached hydrogens (tertiary/aromatic N) is 1. The number of aliphatic carboxylic acids is 1. The quantitative estimate of drug-likeness (QED) is 0.749. The topological polar surface area (TPSA) is 69.6 Å². The van der Waals surface area contributed by atoms with Crippen molar-refractivity contribution >= 4 is 11.9 Å². The molecular formula is C12H22N2O3. The molecule has 98 valence electrons. The van der Waals surface area contributed by atoms with E-state index in [-0.39, 0.29) is 5.91 Å². The highest BCUT2D eigenvalue weighted by Crippen LogP contribution is 2.27. The van der Waals surface area contributed by atoms with Gasteiger partial charge in [-0.25, -0.2) is 4.79 Å². The molecule has 5 nitrogen and oxygen atoms in total. The van der Waals surface area contributed by atoms with Crippen LogP contribution in [-0.2, 0) is 9.59 Å². The average Bonchev–Trinajstić information content (AvgIpc) is 2.76. The minimum atomic E-state index is -0.967. The maximum Gasteiger partial charge on any atom is 0.326 e. The molecule has 1 heterocycles. The first kappa shape index (κ1) is 14.0. The van der Waals surface area contributed by atoms with E-state index in [0.29, 0.717) is 0 Å². The Morgan fingerprint density at radius 1 is 1.53 bits per heavy atom. The molecule has 2 N–H and O–H groups in total. The fourth-order valence-corrected chi connectivity index (χ4v) is 2.41. The summed E-state index contributed by atoms with van der Waals surface area (Å²) in [6, 6.07) is -0.779. The van der Waals surface area contributed by atoms with Gasteiger partial charge in [0.1, 0.15) is 6.04 Å². The summed E-state index contributed by atoms with van der Waals surface area (Å²) in [5.74, 6) is -1.06. The fraction of sp³-hybridized carbons (Fsp3) is 0.833. The molecule has 1 saturated heterocycles. The number of likely N-dealkylation sites (N-methyl/N-ethyl adjacent to an activating group) is 1. The van der Waals surface area contributed by atoms with Gasteiger partial charge in [-0.3, -0.25) is 4.79 Å². The summed E-state index contributed by atoms with van der Waals surface area (Å²) in [5, 5.41) is 12.2. The van der Waals surface area contributed by atoms with Crippen LogP contribution in [0.1, 0.15) is 39.5 Å². The van der Waals surface area contributed by atoms with Crippen molar-refractivity contribution in [3.8, 4) is 0 Å². The lowest BCUT2D eigenvalue weighted by Gasteiger charge is -2.34. The van der Waals surface area contributed by atoms with Crippen LogP contribution in [0.15, 0.2) is 0 Å². The van der Waals surface area contributed by atoms with Gasteiger partial charge in [0.25, 0.3) is 0 Å². The molecule has 17 heavy (non-hydrogen) atoms. The number of carboxylic acid groups (broad SMARTS) is 1. The number of carbonyl (C=O) groups excluding carboxylic acids is 1. The van der Waals surface area contributed by atoms with Crippen molar-refractivity contribution in [3.05, 3.63) is 0 Å². The molecule has 1 fully saturated rings. The molecule has 1 amide bonds. The van der Waals surface area contributed by atoms with E-state index in [1.54, 1.807) is 7.05 Å². The van der Waals surface area contributed by atoms with E-state index < -0.39 is 17.6 Å². The minimum Gasteiger partial charge on any atom is -0.480 e. The summed E-state index contributed by atoms with van der Waals surface area (Å²) >= 11 is 0. The largest absolute Gasteiger partial charge is 0.480 e. The van der Waals surface area contributed by atoms with E-state index >= 15 is 0 Å². The number of rotatable bonds is 5. The van der Waals surface area contributed by atoms with Crippen molar-refractivity contribution < 1.29 is 14.7 Å². The van der Waals surface area contributed by atoms with Crippen molar-refractivity contribution in [1.29, 1.82) is 0 Å². The lowest BCUT2D eigenvalue weighted by atomic mass is 9.90. The molecule has 2 atom stereocenters. The highest BCUT2D eigenvalue weighted by molar-refractivity contribution is 5.90. The highest BCUT2D eigenvalue weighted by atomic mass is 16.4. The molecule has 1 rings (SSSR count). The molecule has 0 aromatic heterocycles. The van der Waals surface area contributed by atoms with E-state index in [2.05, 4.69) is 5.32 Å². The van der Waals surface area contributed by atoms with Crippen molar-refractivity contribution in [2.45, 2.75) is 51.1 Å². The second-order valence-corrected chi connectivity index (χ2v) is 4.79. The molecule has 0 aromatic rings. The third-order valence-corrected chi connectivity index (χ3v) is 3.59. The van der Waals surface area contributed by atoms with Crippen LogP contribution in [0.2, 0.25) is 0 Å². The number of carbonyl (C=O) groups is 2. The Hall–Kier alpha value is -1.10. The van der Waals surface area contributed by atoms with Crippen LogP contribution in [0.25, 0.3) is 0 Å². The van der Waals surface area contributed by atoms with Gasteiger partial charge in [-0.05, 0) is 32.7 Å². The Bertz CT molecular complexity index is 298. The van der Waals surface area contributed by atoms with Gasteiger partial charge in [-0.1, -0.05) is 13.3 Å². The SMILES string of the molecule is CCCC1(C(=O)N(C)C(C)C(=O)O)CCCN1. The molecule has 1 aliphatic rings. The average molecular weight is 242 g/mol. The van der Waals surface area contributed by atoms with Crippen molar-refractivity contribution in [1.82, 2.24) is 10.2 Å². The van der Waals surface area contributed by atoms with Gasteiger partial charge in [0.05, 0.1) is 5.54 Å². The molecule has 1 aliphatic heterocycles. The normalized spacial score (nSPS) is 25.6. The summed E-state index contributed by atoms with van der Waals surface area (Å²) in [4.78, 5) is 24.7. The van der Waals surface area contributed by atoms with Gasteiger partial charge in [0.15, 0.2) is 0 Å². The van der Waals surface area contributed by atoms with Gasteiger partial charge in [0.2, 0.25) is 5.91 Å². The highest BCUT2D eigenvalue weighted by Gasteiger charge is 2.43. The Labute approximate surface area is 102 Å². The molecule has 0 aliphatic carbocycles. The summed E-state index contributed by atoms with van der Waals surface area (Å²) < 4.78 is 0. The van der Waals surface area contributed by atoms with E-state index in [9.17, 15) is 9.59 Å². The molecule has 0 aromatic carbocycles. The molecule has 0 radical (unpaired) electrons. The van der Waals surface area contributed by atoms with Crippen LogP contribution < -0.4 is 5.32 Å². The summed E-state index contributed by atoms with van der Waals surface area (Å²) in [7, 11) is 1.57. The van der Waals surface area contributed by atoms with Gasteiger partial charge in [-0.15, -0.1) is 0 Å². The third kappa shape index (κ3) is 2.77. The zero-order valence-corrected chi connectivity index (χ0v) is 10.8. The van der Waals surface area contributed by atoms with E-state index in [0.717, 1.165) is 32.2 Å². The van der Waals surface area contributed by atoms with Crippen LogP contribution in [-0.4, -0.2) is 47.1 Å². The Balaban J connectivity index is 2.81. The lowest BCUT2D eigenvalue weighted by molar-refractivity contribution is -0.151. The van der Waals surface area contributed by atoms with Crippen LogP contribution in [0.5, 0.6) is 0 Å². The zero-order valence-electron chi connectivity index (χ0n) is 10.8. The van der Waals surface area contributed by atoms with Crippen LogP contribution in [0, 0.1) is 0 Å². The summed E-state index contributed by atoms with van der Waals surface area (Å²) in [5.41, 5.74) is -0.535. The number of nitrogens with one attached hydrogen (secondary N) is 1. The number of carboxylic acids is 1. The van der Waals surface area contributed by atoms with Crippen LogP contribution in [0.4, 0.5) is 0 Å². The zero-order chi connectivity index (χ0) is 13.1. The van der Waals surface area contributed by atoms with E-state index in [1.807, 2.05) is 6.92 Å². The number of amides is 1. The maximum atomic E-state index is 12.4. The summed E-state index contributed by atoms with van der Waals surface area (Å²) in [6.45, 7) is 4.41. The first-order valence-electron chi connectivity index (χ1n) is 6.19. The lowest BCUT2D eigenvalue weighted by Crippen LogP contribution is -2.56. The molecule has 0 bridgehead atoms. The van der Waals surface area contributed by atoms with Crippen molar-refractivity contribution in [2.24, 2.45) is 0 Å². The first-order valence-corrected chi connectivity index (χ1v) is 6.19. The monoisotopic (exact) mass is 242 g/mol. The molecule has 0 saturated carbocycles. The standard InChI is InChI=1S/C12H22N2O3/c1-4-6-12(7-5-8-13-12)11(17)14(3)9(2)10(15)16/h9,13H,4-8H2,1-3H3,(H,15,16). The van der Waals surface area contributed by atoms with Gasteiger partial charge in [-0.2, -0.15) is 0 Å². The van der Waals surface area contributed by atoms with Crippen molar-refractivity contribution in [3.63, 3.8) is 0 Å². The molecule has 5 heteroatoms. The van der Waals surface area contributed by atoms with Gasteiger partial charge in [0, 0.05) is 7.05 Å². The van der Waals surface area contributed by atoms with Gasteiger partial charge < -0.3 is 15.3 Å². The third-order valence-electron chi connectivity index (χ3n) is 3.59. The molecule has 0 spiro atoms. The Morgan fingerprint density at radius 2 is 2.18 bits per heavy atom. The van der Waals surface area contributed by atoms with Crippen molar-refractivity contribution in [2.75, 3.05) is 13.6 Å². The predicted molar refractivity (Wildman–Crippen MR) is 64.7 cm³/mol. The Morgan fingerprint density at radius 3 is 2.59 bits per heavy atom. The number of hydrogen-bond donors (Lipinski definition) is 2. The smallest absolute Gasteiger partial charge is 0.326 e. The minimum absolute atomic E-state index is 0.0910. The van der Waals surface area contributed by atoms with E-state index in [4.69, 9.17) is 5.11 Å². The second-order valence-electron chi connectivity index (χ2n) is 4.79. The maximum absolute atomic E-state index is 12.4. The molecular weight excluding hydrogens is 220 g/mol. The second kappa shape index (κ2) is 5.49. The predicted octanol–water partition coefficient (Wildman–Crippen LogP) is 0.840. The summed E-state index contributed by atoms with van der Waals surface area (Å²) in [6.07, 6.45) is 3.45. The van der Waals surface area contributed by atoms with Crippen LogP contribution in [0.3, 0.4) is 0 Å². The number of hydrogen-bond acceptors (Lipinski definition) is 3. The first-order chi connectivity index (χ1) is 7.94. The molecule has 2 unspecified atom stereocenters. The fourth-order valence-electron chi connectivity index (χ4n) is 2.41. The Kier molecular flexibility index (Phi) is 4.51. The van der Waals surface area contributed by atoms with E-state index in [1.165, 1.54) is 11.8 Å².